The molecule has 0 aliphatic heterocycles. The summed E-state index contributed by atoms with van der Waals surface area (Å²) in [5.74, 6) is 5.10. The molecule has 4 aliphatic carbocycles. The minimum Gasteiger partial charge on any atom is -0.547 e. The maximum atomic E-state index is 11.9. The number of hydrogen-bond acceptors (Lipinski definition) is 4. The number of ether oxygens (including phenoxy) is 1. The van der Waals surface area contributed by atoms with Gasteiger partial charge in [0, 0.05) is 18.4 Å². The van der Waals surface area contributed by atoms with Crippen molar-refractivity contribution in [3.8, 4) is 0 Å². The number of rotatable bonds is 8. The van der Waals surface area contributed by atoms with Gasteiger partial charge in [-0.25, -0.2) is 0 Å². The molecule has 4 nitrogen and oxygen atoms in total. The van der Waals surface area contributed by atoms with E-state index in [0.717, 1.165) is 12.3 Å². The zero-order valence-electron chi connectivity index (χ0n) is 24.7. The van der Waals surface area contributed by atoms with E-state index in [-0.39, 0.29) is 5.97 Å². The first-order valence-corrected chi connectivity index (χ1v) is 21.1. The van der Waals surface area contributed by atoms with Crippen molar-refractivity contribution in [3.05, 3.63) is 11.8 Å². The predicted molar refractivity (Wildman–Crippen MR) is 153 cm³/mol. The van der Waals surface area contributed by atoms with Crippen LogP contribution in [0.15, 0.2) is 11.8 Å². The maximum absolute atomic E-state index is 11.9. The Kier molecular flexibility index (Phi) is 8.30. The molecule has 9 atom stereocenters. The van der Waals surface area contributed by atoms with Crippen LogP contribution in [0.2, 0.25) is 32.7 Å². The van der Waals surface area contributed by atoms with E-state index in [2.05, 4.69) is 59.6 Å². The van der Waals surface area contributed by atoms with Gasteiger partial charge in [-0.3, -0.25) is 4.79 Å². The van der Waals surface area contributed by atoms with Crippen molar-refractivity contribution in [2.75, 3.05) is 7.11 Å². The summed E-state index contributed by atoms with van der Waals surface area (Å²) in [6.07, 6.45) is 13.5. The molecule has 3 fully saturated rings. The molecule has 3 saturated carbocycles. The van der Waals surface area contributed by atoms with Crippen LogP contribution >= 0.6 is 0 Å². The quantitative estimate of drug-likeness (QED) is 0.238. The standard InChI is InChI=1S/C30H54O4Si2/c1-20(10-13-27(31)32-4)23-11-12-24-28-25(15-17-30(23,24)3)29(2)16-14-22(33-35(5)6)18-21(29)19-26(28)34-36(7,8)9/h19-25,28,35H,10-18H2,1-9H3/t20-,21?,22-,23?,24?,25?,28?,29+,30-/m1/s1. The van der Waals surface area contributed by atoms with Gasteiger partial charge in [-0.2, -0.15) is 0 Å². The average Bonchev–Trinajstić information content (AvgIpc) is 3.14. The molecule has 0 aromatic heterocycles. The molecule has 0 radical (unpaired) electrons. The number of carbonyl (C=O) groups excluding carboxylic acids is 1. The highest BCUT2D eigenvalue weighted by Gasteiger charge is 2.62. The number of carbonyl (C=O) groups is 1. The fourth-order valence-corrected chi connectivity index (χ4v) is 11.1. The number of esters is 1. The lowest BCUT2D eigenvalue weighted by Gasteiger charge is -2.60. The third kappa shape index (κ3) is 5.43. The molecule has 0 aromatic rings. The third-order valence-corrected chi connectivity index (χ3v) is 12.6. The van der Waals surface area contributed by atoms with Gasteiger partial charge in [-0.05, 0) is 131 Å². The Hall–Kier alpha value is -0.596. The number of allylic oxidation sites excluding steroid dienone is 2. The highest BCUT2D eigenvalue weighted by atomic mass is 28.4. The van der Waals surface area contributed by atoms with Crippen molar-refractivity contribution in [2.24, 2.45) is 46.3 Å². The lowest BCUT2D eigenvalue weighted by Crippen LogP contribution is -2.55. The minimum absolute atomic E-state index is 0.0648. The average molecular weight is 535 g/mol. The lowest BCUT2D eigenvalue weighted by atomic mass is 9.46. The summed E-state index contributed by atoms with van der Waals surface area (Å²) in [5, 5.41) is 0. The molecular formula is C30H54O4Si2. The van der Waals surface area contributed by atoms with Gasteiger partial charge in [-0.1, -0.05) is 20.8 Å². The Morgan fingerprint density at radius 3 is 2.39 bits per heavy atom. The Bertz CT molecular complexity index is 835. The Balaban J connectivity index is 1.63. The first kappa shape index (κ1) is 28.4. The fourth-order valence-electron chi connectivity index (χ4n) is 9.22. The largest absolute Gasteiger partial charge is 0.547 e. The molecule has 4 rings (SSSR count). The van der Waals surface area contributed by atoms with Gasteiger partial charge in [0.25, 0.3) is 0 Å². The molecule has 6 heteroatoms. The van der Waals surface area contributed by atoms with Gasteiger partial charge in [0.2, 0.25) is 8.32 Å². The van der Waals surface area contributed by atoms with Crippen LogP contribution in [0.25, 0.3) is 0 Å². The summed E-state index contributed by atoms with van der Waals surface area (Å²) < 4.78 is 18.4. The maximum Gasteiger partial charge on any atom is 0.305 e. The first-order valence-electron chi connectivity index (χ1n) is 14.9. The van der Waals surface area contributed by atoms with Crippen molar-refractivity contribution in [3.63, 3.8) is 0 Å². The zero-order valence-corrected chi connectivity index (χ0v) is 26.8. The smallest absolute Gasteiger partial charge is 0.305 e. The minimum atomic E-state index is -1.73. The second kappa shape index (κ2) is 10.5. The number of fused-ring (bicyclic) bond motifs is 5. The van der Waals surface area contributed by atoms with E-state index in [1.165, 1.54) is 57.8 Å². The summed E-state index contributed by atoms with van der Waals surface area (Å²) in [4.78, 5) is 11.9. The van der Waals surface area contributed by atoms with Crippen LogP contribution in [-0.2, 0) is 18.4 Å². The Morgan fingerprint density at radius 1 is 1.08 bits per heavy atom. The van der Waals surface area contributed by atoms with Gasteiger partial charge in [0.1, 0.15) is 0 Å². The van der Waals surface area contributed by atoms with Crippen LogP contribution in [0.3, 0.4) is 0 Å². The van der Waals surface area contributed by atoms with Gasteiger partial charge in [0.15, 0.2) is 9.04 Å². The van der Waals surface area contributed by atoms with E-state index in [1.807, 2.05) is 0 Å². The van der Waals surface area contributed by atoms with Crippen LogP contribution in [0, 0.1) is 46.3 Å². The number of methoxy groups -OCH3 is 1. The molecule has 5 unspecified atom stereocenters. The zero-order chi connectivity index (χ0) is 26.5. The van der Waals surface area contributed by atoms with Crippen LogP contribution in [0.1, 0.15) is 78.6 Å². The van der Waals surface area contributed by atoms with Gasteiger partial charge < -0.3 is 13.6 Å². The highest BCUT2D eigenvalue weighted by molar-refractivity contribution is 6.70. The van der Waals surface area contributed by atoms with Crippen molar-refractivity contribution in [1.29, 1.82) is 0 Å². The molecule has 0 amide bonds. The van der Waals surface area contributed by atoms with Crippen molar-refractivity contribution in [1.82, 2.24) is 0 Å². The van der Waals surface area contributed by atoms with E-state index in [1.54, 1.807) is 0 Å². The first-order chi connectivity index (χ1) is 16.8. The molecule has 0 bridgehead atoms. The number of hydrogen-bond donors (Lipinski definition) is 0. The highest BCUT2D eigenvalue weighted by Crippen LogP contribution is 2.68. The van der Waals surface area contributed by atoms with Crippen molar-refractivity contribution in [2.45, 2.75) is 117 Å². The topological polar surface area (TPSA) is 44.8 Å². The van der Waals surface area contributed by atoms with E-state index >= 15 is 0 Å². The summed E-state index contributed by atoms with van der Waals surface area (Å²) in [6, 6.07) is 0. The van der Waals surface area contributed by atoms with Crippen LogP contribution in [0.4, 0.5) is 0 Å². The third-order valence-electron chi connectivity index (χ3n) is 10.9. The summed E-state index contributed by atoms with van der Waals surface area (Å²) in [7, 11) is -1.24. The predicted octanol–water partition coefficient (Wildman–Crippen LogP) is 7.56. The SMILES string of the molecule is COC(=O)CC[C@@H](C)C1CCC2C3C(O[Si](C)(C)C)=CC4C[C@H](O[SiH](C)C)CC[C@]4(C)C3CC[C@@]21C. The van der Waals surface area contributed by atoms with Gasteiger partial charge in [0.05, 0.1) is 12.9 Å². The fraction of sp³-hybridized carbons (Fsp3) is 0.900. The van der Waals surface area contributed by atoms with Crippen LogP contribution < -0.4 is 0 Å². The van der Waals surface area contributed by atoms with Crippen molar-refractivity contribution >= 4 is 23.3 Å². The molecular weight excluding hydrogens is 480 g/mol. The monoisotopic (exact) mass is 534 g/mol. The van der Waals surface area contributed by atoms with E-state index in [4.69, 9.17) is 13.6 Å². The van der Waals surface area contributed by atoms with Gasteiger partial charge in [-0.15, -0.1) is 0 Å². The molecule has 0 aromatic carbocycles. The summed E-state index contributed by atoms with van der Waals surface area (Å²) in [6.45, 7) is 19.3. The molecule has 206 valence electrons. The van der Waals surface area contributed by atoms with E-state index in [0.29, 0.717) is 52.9 Å². The molecule has 0 spiro atoms. The van der Waals surface area contributed by atoms with E-state index < -0.39 is 17.4 Å². The molecule has 4 aliphatic rings. The molecule has 0 N–H and O–H groups in total. The Labute approximate surface area is 224 Å². The van der Waals surface area contributed by atoms with Crippen LogP contribution in [0.5, 0.6) is 0 Å². The van der Waals surface area contributed by atoms with Crippen LogP contribution in [-0.4, -0.2) is 36.5 Å². The normalized spacial score (nSPS) is 41.1. The second-order valence-corrected chi connectivity index (χ2v) is 21.3. The molecule has 0 heterocycles. The Morgan fingerprint density at radius 2 is 1.75 bits per heavy atom. The van der Waals surface area contributed by atoms with Gasteiger partial charge >= 0.3 is 5.97 Å². The molecule has 0 saturated heterocycles. The molecule has 36 heavy (non-hydrogen) atoms. The van der Waals surface area contributed by atoms with Crippen molar-refractivity contribution < 1.29 is 18.4 Å². The summed E-state index contributed by atoms with van der Waals surface area (Å²) >= 11 is 0. The summed E-state index contributed by atoms with van der Waals surface area (Å²) in [5.41, 5.74) is 0.705. The second-order valence-electron chi connectivity index (χ2n) is 14.5. The van der Waals surface area contributed by atoms with E-state index in [9.17, 15) is 4.79 Å². The lowest BCUT2D eigenvalue weighted by molar-refractivity contribution is -0.141.